The zero-order valence-electron chi connectivity index (χ0n) is 23.2. The average molecular weight is 520 g/mol. The van der Waals surface area contributed by atoms with Gasteiger partial charge in [-0.25, -0.2) is 4.79 Å². The summed E-state index contributed by atoms with van der Waals surface area (Å²) in [5, 5.41) is 2.78. The Morgan fingerprint density at radius 1 is 1.05 bits per heavy atom. The standard InChI is InChI=1S/C28H45N3O6/c1-7-22(26(34)36-19-20(2)3)17-29-25(33)23-9-8-14-31(18-23)24(32)11-10-21-12-15-30(16-13-21)27(35)37-28(4,5)6/h1,20-23H,8-19H2,2-6H3,(H,29,33)/t22-,23+/m0/s1. The van der Waals surface area contributed by atoms with Crippen LogP contribution in [0.25, 0.3) is 0 Å². The minimum absolute atomic E-state index is 0.0265. The molecule has 0 aromatic rings. The Morgan fingerprint density at radius 2 is 1.73 bits per heavy atom. The van der Waals surface area contributed by atoms with Crippen molar-refractivity contribution < 1.29 is 28.7 Å². The summed E-state index contributed by atoms with van der Waals surface area (Å²) in [6, 6.07) is 0. The number of amides is 3. The summed E-state index contributed by atoms with van der Waals surface area (Å²) in [7, 11) is 0. The van der Waals surface area contributed by atoms with Crippen LogP contribution in [0.2, 0.25) is 0 Å². The van der Waals surface area contributed by atoms with Gasteiger partial charge in [-0.1, -0.05) is 19.8 Å². The van der Waals surface area contributed by atoms with Crippen LogP contribution < -0.4 is 5.32 Å². The normalized spacial score (nSPS) is 19.6. The highest BCUT2D eigenvalue weighted by molar-refractivity contribution is 5.82. The smallest absolute Gasteiger partial charge is 0.410 e. The largest absolute Gasteiger partial charge is 0.464 e. The van der Waals surface area contributed by atoms with Gasteiger partial charge >= 0.3 is 12.1 Å². The van der Waals surface area contributed by atoms with Crippen LogP contribution in [-0.4, -0.2) is 78.6 Å². The molecule has 0 radical (unpaired) electrons. The van der Waals surface area contributed by atoms with Gasteiger partial charge in [0.2, 0.25) is 11.8 Å². The molecule has 208 valence electrons. The Labute approximate surface area is 222 Å². The van der Waals surface area contributed by atoms with Gasteiger partial charge in [-0.15, -0.1) is 6.42 Å². The molecule has 2 aliphatic heterocycles. The molecule has 2 aliphatic rings. The molecule has 2 fully saturated rings. The predicted octanol–water partition coefficient (Wildman–Crippen LogP) is 3.22. The number of piperidine rings is 2. The van der Waals surface area contributed by atoms with Crippen LogP contribution in [0.15, 0.2) is 0 Å². The number of nitrogens with one attached hydrogen (secondary N) is 1. The van der Waals surface area contributed by atoms with Crippen LogP contribution in [0.1, 0.15) is 73.1 Å². The monoisotopic (exact) mass is 519 g/mol. The number of hydrogen-bond donors (Lipinski definition) is 1. The third kappa shape index (κ3) is 10.6. The van der Waals surface area contributed by atoms with Crippen molar-refractivity contribution in [3.05, 3.63) is 0 Å². The lowest BCUT2D eigenvalue weighted by Gasteiger charge is -2.34. The lowest BCUT2D eigenvalue weighted by Crippen LogP contribution is -2.46. The number of esters is 1. The summed E-state index contributed by atoms with van der Waals surface area (Å²) >= 11 is 0. The van der Waals surface area contributed by atoms with E-state index in [4.69, 9.17) is 15.9 Å². The van der Waals surface area contributed by atoms with Crippen molar-refractivity contribution in [1.82, 2.24) is 15.1 Å². The maximum atomic E-state index is 12.9. The fraction of sp³-hybridized carbons (Fsp3) is 0.786. The van der Waals surface area contributed by atoms with Crippen LogP contribution in [0.3, 0.4) is 0 Å². The van der Waals surface area contributed by atoms with Crippen molar-refractivity contribution in [2.24, 2.45) is 23.7 Å². The Balaban J connectivity index is 1.73. The van der Waals surface area contributed by atoms with Gasteiger partial charge in [-0.2, -0.15) is 0 Å². The molecular weight excluding hydrogens is 474 g/mol. The summed E-state index contributed by atoms with van der Waals surface area (Å²) in [5.41, 5.74) is -0.508. The Hall–Kier alpha value is -2.76. The second-order valence-corrected chi connectivity index (χ2v) is 11.6. The van der Waals surface area contributed by atoms with Gasteiger partial charge in [-0.3, -0.25) is 14.4 Å². The molecule has 1 N–H and O–H groups in total. The molecule has 9 nitrogen and oxygen atoms in total. The molecule has 0 aliphatic carbocycles. The molecule has 37 heavy (non-hydrogen) atoms. The zero-order valence-corrected chi connectivity index (χ0v) is 23.2. The molecule has 0 spiro atoms. The Bertz CT molecular complexity index is 836. The molecule has 0 unspecified atom stereocenters. The third-order valence-electron chi connectivity index (χ3n) is 6.70. The lowest BCUT2D eigenvalue weighted by atomic mass is 9.91. The highest BCUT2D eigenvalue weighted by Gasteiger charge is 2.31. The van der Waals surface area contributed by atoms with E-state index in [-0.39, 0.29) is 42.9 Å². The van der Waals surface area contributed by atoms with Crippen molar-refractivity contribution in [3.63, 3.8) is 0 Å². The first kappa shape index (κ1) is 30.5. The first-order valence-electron chi connectivity index (χ1n) is 13.6. The van der Waals surface area contributed by atoms with Gasteiger partial charge in [0.05, 0.1) is 12.5 Å². The molecule has 2 heterocycles. The fourth-order valence-electron chi connectivity index (χ4n) is 4.54. The van der Waals surface area contributed by atoms with Gasteiger partial charge in [-0.05, 0) is 64.7 Å². The maximum absolute atomic E-state index is 12.9. The minimum Gasteiger partial charge on any atom is -0.464 e. The predicted molar refractivity (Wildman–Crippen MR) is 140 cm³/mol. The molecule has 0 bridgehead atoms. The van der Waals surface area contributed by atoms with E-state index in [9.17, 15) is 19.2 Å². The van der Waals surface area contributed by atoms with Crippen LogP contribution in [0.5, 0.6) is 0 Å². The average Bonchev–Trinajstić information content (AvgIpc) is 2.85. The van der Waals surface area contributed by atoms with Crippen molar-refractivity contribution in [2.75, 3.05) is 39.3 Å². The van der Waals surface area contributed by atoms with Crippen LogP contribution in [-0.2, 0) is 23.9 Å². The number of carbonyl (C=O) groups is 4. The second-order valence-electron chi connectivity index (χ2n) is 11.6. The molecule has 0 aromatic heterocycles. The van der Waals surface area contributed by atoms with Crippen LogP contribution >= 0.6 is 0 Å². The highest BCUT2D eigenvalue weighted by Crippen LogP contribution is 2.25. The van der Waals surface area contributed by atoms with Gasteiger partial charge in [0, 0.05) is 39.1 Å². The number of nitrogens with zero attached hydrogens (tertiary/aromatic N) is 2. The fourth-order valence-corrected chi connectivity index (χ4v) is 4.54. The molecule has 9 heteroatoms. The molecule has 2 saturated heterocycles. The topological polar surface area (TPSA) is 105 Å². The SMILES string of the molecule is C#C[C@@H](CNC(=O)[C@@H]1CCCN(C(=O)CCC2CCN(C(=O)OC(C)(C)C)CC2)C1)C(=O)OCC(C)C. The minimum atomic E-state index is -0.828. The Kier molecular flexibility index (Phi) is 11.7. The third-order valence-corrected chi connectivity index (χ3v) is 6.70. The Morgan fingerprint density at radius 3 is 2.32 bits per heavy atom. The maximum Gasteiger partial charge on any atom is 0.410 e. The summed E-state index contributed by atoms with van der Waals surface area (Å²) in [6.45, 7) is 12.1. The van der Waals surface area contributed by atoms with Gasteiger partial charge in [0.1, 0.15) is 11.5 Å². The molecule has 2 rings (SSSR count). The van der Waals surface area contributed by atoms with Crippen molar-refractivity contribution in [3.8, 4) is 12.3 Å². The van der Waals surface area contributed by atoms with Gasteiger partial charge < -0.3 is 24.6 Å². The van der Waals surface area contributed by atoms with E-state index in [1.54, 1.807) is 9.80 Å². The molecule has 2 atom stereocenters. The zero-order chi connectivity index (χ0) is 27.6. The van der Waals surface area contributed by atoms with Crippen LogP contribution in [0.4, 0.5) is 4.79 Å². The van der Waals surface area contributed by atoms with Gasteiger partial charge in [0.15, 0.2) is 0 Å². The quantitative estimate of drug-likeness (QED) is 0.370. The molecular formula is C28H45N3O6. The molecule has 0 aromatic carbocycles. The number of likely N-dealkylation sites (tertiary alicyclic amines) is 2. The highest BCUT2D eigenvalue weighted by atomic mass is 16.6. The first-order valence-corrected chi connectivity index (χ1v) is 13.6. The molecule has 0 saturated carbocycles. The lowest BCUT2D eigenvalue weighted by molar-refractivity contribution is -0.147. The second kappa shape index (κ2) is 14.3. The van der Waals surface area contributed by atoms with Crippen molar-refractivity contribution in [1.29, 1.82) is 0 Å². The number of hydrogen-bond acceptors (Lipinski definition) is 6. The van der Waals surface area contributed by atoms with E-state index in [2.05, 4.69) is 11.2 Å². The first-order chi connectivity index (χ1) is 17.4. The van der Waals surface area contributed by atoms with E-state index < -0.39 is 17.5 Å². The van der Waals surface area contributed by atoms with Gasteiger partial charge in [0.25, 0.3) is 0 Å². The van der Waals surface area contributed by atoms with Crippen molar-refractivity contribution >= 4 is 23.9 Å². The number of terminal acetylenes is 1. The number of rotatable bonds is 9. The molecule has 3 amide bonds. The summed E-state index contributed by atoms with van der Waals surface area (Å²) in [5.74, 6) is 1.20. The van der Waals surface area contributed by atoms with E-state index in [1.165, 1.54) is 0 Å². The summed E-state index contributed by atoms with van der Waals surface area (Å²) in [6.07, 6.45) is 9.56. The number of carbonyl (C=O) groups excluding carboxylic acids is 4. The number of ether oxygens (including phenoxy) is 2. The van der Waals surface area contributed by atoms with E-state index in [0.29, 0.717) is 44.9 Å². The van der Waals surface area contributed by atoms with E-state index in [1.807, 2.05) is 34.6 Å². The summed E-state index contributed by atoms with van der Waals surface area (Å²) in [4.78, 5) is 53.5. The summed E-state index contributed by atoms with van der Waals surface area (Å²) < 4.78 is 10.6. The van der Waals surface area contributed by atoms with Crippen molar-refractivity contribution in [2.45, 2.75) is 78.7 Å². The van der Waals surface area contributed by atoms with Crippen LogP contribution in [0, 0.1) is 36.0 Å². The van der Waals surface area contributed by atoms with E-state index >= 15 is 0 Å². The van der Waals surface area contributed by atoms with E-state index in [0.717, 1.165) is 25.7 Å².